The summed E-state index contributed by atoms with van der Waals surface area (Å²) in [5.41, 5.74) is 5.34. The van der Waals surface area contributed by atoms with Crippen molar-refractivity contribution in [3.8, 4) is 0 Å². The molecule has 2 aromatic rings. The van der Waals surface area contributed by atoms with Crippen molar-refractivity contribution in [2.45, 2.75) is 24.5 Å². The Labute approximate surface area is 124 Å². The number of aromatic nitrogens is 4. The molecular formula is C10H11N5O6S. The summed E-state index contributed by atoms with van der Waals surface area (Å²) < 4.78 is 28.8. The molecule has 12 heteroatoms. The Morgan fingerprint density at radius 2 is 2.23 bits per heavy atom. The van der Waals surface area contributed by atoms with Crippen molar-refractivity contribution >= 4 is 28.5 Å². The molecule has 0 bridgehead atoms. The molecule has 0 aliphatic carbocycles. The Morgan fingerprint density at radius 3 is 3.00 bits per heavy atom. The number of anilines is 1. The maximum atomic E-state index is 11.8. The molecule has 0 amide bonds. The highest BCUT2D eigenvalue weighted by Crippen LogP contribution is 2.39. The maximum Gasteiger partial charge on any atom is 0.305 e. The van der Waals surface area contributed by atoms with Crippen LogP contribution in [0.3, 0.4) is 0 Å². The molecule has 4 rings (SSSR count). The number of nitrogens with two attached hydrogens (primary N) is 1. The number of H-pyrrole nitrogens is 1. The first-order valence-corrected chi connectivity index (χ1v) is 7.33. The molecule has 11 nitrogen and oxygen atoms in total. The predicted octanol–water partition coefficient (Wildman–Crippen LogP) is -2.05. The second-order valence-corrected chi connectivity index (χ2v) is 5.64. The Morgan fingerprint density at radius 1 is 1.45 bits per heavy atom. The van der Waals surface area contributed by atoms with Gasteiger partial charge in [0.2, 0.25) is 5.95 Å². The number of rotatable bonds is 2. The Kier molecular flexibility index (Phi) is 3.02. The van der Waals surface area contributed by atoms with Crippen LogP contribution in [-0.4, -0.2) is 53.8 Å². The molecule has 2 saturated heterocycles. The lowest BCUT2D eigenvalue weighted by molar-refractivity contribution is -0.0525. The van der Waals surface area contributed by atoms with E-state index in [9.17, 15) is 14.1 Å². The normalized spacial score (nSPS) is 34.3. The van der Waals surface area contributed by atoms with Crippen LogP contribution in [0, 0.1) is 0 Å². The average molecular weight is 329 g/mol. The fourth-order valence-electron chi connectivity index (χ4n) is 2.63. The highest BCUT2D eigenvalue weighted by Gasteiger charge is 2.54. The molecular weight excluding hydrogens is 318 g/mol. The van der Waals surface area contributed by atoms with E-state index >= 15 is 0 Å². The molecule has 2 aliphatic heterocycles. The van der Waals surface area contributed by atoms with Gasteiger partial charge < -0.3 is 15.6 Å². The highest BCUT2D eigenvalue weighted by atomic mass is 32.2. The number of nitrogen functional groups attached to an aromatic ring is 1. The van der Waals surface area contributed by atoms with E-state index < -0.39 is 41.5 Å². The van der Waals surface area contributed by atoms with Gasteiger partial charge in [-0.2, -0.15) is 9.19 Å². The molecule has 22 heavy (non-hydrogen) atoms. The summed E-state index contributed by atoms with van der Waals surface area (Å²) in [6.45, 7) is -0.332. The lowest BCUT2D eigenvalue weighted by Crippen LogP contribution is -2.30. The van der Waals surface area contributed by atoms with Crippen molar-refractivity contribution in [1.82, 2.24) is 19.5 Å². The summed E-state index contributed by atoms with van der Waals surface area (Å²) in [6.07, 6.45) is -1.57. The molecule has 0 spiro atoms. The maximum absolute atomic E-state index is 11.8. The van der Waals surface area contributed by atoms with Crippen LogP contribution in [0.25, 0.3) is 11.2 Å². The number of nitrogens with one attached hydrogen (secondary N) is 1. The van der Waals surface area contributed by atoms with Gasteiger partial charge in [0.05, 0.1) is 12.9 Å². The third-order valence-corrected chi connectivity index (χ3v) is 4.33. The van der Waals surface area contributed by atoms with E-state index in [1.807, 2.05) is 0 Å². The smallest absolute Gasteiger partial charge is 0.305 e. The zero-order chi connectivity index (χ0) is 15.4. The minimum absolute atomic E-state index is 0.0697. The van der Waals surface area contributed by atoms with Crippen LogP contribution in [0.15, 0.2) is 11.1 Å². The second kappa shape index (κ2) is 4.82. The second-order valence-electron chi connectivity index (χ2n) is 4.85. The largest absolute Gasteiger partial charge is 0.394 e. The van der Waals surface area contributed by atoms with E-state index in [1.54, 1.807) is 0 Å². The molecule has 2 aromatic heterocycles. The van der Waals surface area contributed by atoms with Crippen LogP contribution in [0.2, 0.25) is 0 Å². The number of nitrogens with zero attached hydrogens (tertiary/aromatic N) is 3. The van der Waals surface area contributed by atoms with Crippen molar-refractivity contribution in [3.05, 3.63) is 16.7 Å². The van der Waals surface area contributed by atoms with Gasteiger partial charge in [0, 0.05) is 0 Å². The van der Waals surface area contributed by atoms with Crippen LogP contribution in [0.4, 0.5) is 5.95 Å². The van der Waals surface area contributed by atoms with Gasteiger partial charge in [0.1, 0.15) is 12.2 Å². The molecule has 2 unspecified atom stereocenters. The third kappa shape index (κ3) is 1.89. The van der Waals surface area contributed by atoms with Crippen molar-refractivity contribution in [2.75, 3.05) is 12.3 Å². The molecule has 5 atom stereocenters. The lowest BCUT2D eigenvalue weighted by atomic mass is 10.1. The van der Waals surface area contributed by atoms with E-state index in [0.717, 1.165) is 0 Å². The first-order valence-electron chi connectivity index (χ1n) is 6.33. The van der Waals surface area contributed by atoms with Crippen molar-refractivity contribution in [3.63, 3.8) is 0 Å². The topological polar surface area (TPSA) is 155 Å². The van der Waals surface area contributed by atoms with Crippen LogP contribution >= 0.6 is 0 Å². The SMILES string of the molecule is Nc1nc2c(ncn2[C@@H]2O[C@H](CO)[C@@H]3OS(=O)OC32)c(=O)[nH]1. The lowest BCUT2D eigenvalue weighted by Gasteiger charge is -2.17. The van der Waals surface area contributed by atoms with E-state index in [-0.39, 0.29) is 23.7 Å². The number of imidazole rings is 1. The molecule has 4 heterocycles. The Balaban J connectivity index is 1.82. The van der Waals surface area contributed by atoms with Gasteiger partial charge in [-0.3, -0.25) is 22.7 Å². The van der Waals surface area contributed by atoms with Crippen LogP contribution in [-0.2, 0) is 24.5 Å². The minimum atomic E-state index is -1.92. The first kappa shape index (κ1) is 13.8. The van der Waals surface area contributed by atoms with Gasteiger partial charge in [-0.15, -0.1) is 0 Å². The highest BCUT2D eigenvalue weighted by molar-refractivity contribution is 7.75. The summed E-state index contributed by atoms with van der Waals surface area (Å²) in [7, 11) is 0. The van der Waals surface area contributed by atoms with Crippen molar-refractivity contribution in [1.29, 1.82) is 0 Å². The third-order valence-electron chi connectivity index (χ3n) is 3.57. The quantitative estimate of drug-likeness (QED) is 0.564. The summed E-state index contributed by atoms with van der Waals surface area (Å²) in [4.78, 5) is 22.1. The van der Waals surface area contributed by atoms with E-state index in [2.05, 4.69) is 15.0 Å². The monoisotopic (exact) mass is 329 g/mol. The fourth-order valence-corrected chi connectivity index (χ4v) is 3.48. The number of aliphatic hydroxyl groups excluding tert-OH is 1. The number of ether oxygens (including phenoxy) is 1. The zero-order valence-corrected chi connectivity index (χ0v) is 11.7. The standard InChI is InChI=1S/C10H11N5O6S/c11-10-13-7-4(8(17)14-10)12-2-15(7)9-6-5(3(1-16)19-9)20-22(18)21-6/h2-3,5-6,9,16H,1H2,(H3,11,13,14,17)/t3-,5+,6?,9-,22?/m1/s1. The number of hydrogen-bond donors (Lipinski definition) is 3. The minimum Gasteiger partial charge on any atom is -0.394 e. The van der Waals surface area contributed by atoms with Gasteiger partial charge in [0.25, 0.3) is 5.56 Å². The van der Waals surface area contributed by atoms with Gasteiger partial charge in [-0.25, -0.2) is 4.98 Å². The molecule has 0 aromatic carbocycles. The fraction of sp³-hybridized carbons (Fsp3) is 0.500. The Bertz CT molecular complexity index is 820. The van der Waals surface area contributed by atoms with Crippen LogP contribution < -0.4 is 11.3 Å². The Hall–Kier alpha value is -1.86. The number of aromatic amines is 1. The molecule has 0 radical (unpaired) electrons. The van der Waals surface area contributed by atoms with Gasteiger partial charge >= 0.3 is 11.4 Å². The molecule has 2 aliphatic rings. The summed E-state index contributed by atoms with van der Waals surface area (Å²) in [5, 5.41) is 9.34. The van der Waals surface area contributed by atoms with Crippen molar-refractivity contribution < 1.29 is 22.4 Å². The molecule has 0 saturated carbocycles. The summed E-state index contributed by atoms with van der Waals surface area (Å²) >= 11 is -1.92. The molecule has 2 fully saturated rings. The van der Waals surface area contributed by atoms with Gasteiger partial charge in [0.15, 0.2) is 23.5 Å². The van der Waals surface area contributed by atoms with E-state index in [0.29, 0.717) is 0 Å². The first-order chi connectivity index (χ1) is 10.6. The summed E-state index contributed by atoms with van der Waals surface area (Å²) in [5.74, 6) is -0.0697. The molecule has 118 valence electrons. The zero-order valence-electron chi connectivity index (χ0n) is 10.9. The number of fused-ring (bicyclic) bond motifs is 2. The number of hydrogen-bond acceptors (Lipinski definition) is 9. The summed E-state index contributed by atoms with van der Waals surface area (Å²) in [6, 6.07) is 0. The molecule has 4 N–H and O–H groups in total. The predicted molar refractivity (Wildman–Crippen MR) is 71.4 cm³/mol. The van der Waals surface area contributed by atoms with Crippen molar-refractivity contribution in [2.24, 2.45) is 0 Å². The van der Waals surface area contributed by atoms with Gasteiger partial charge in [-0.05, 0) is 0 Å². The average Bonchev–Trinajstić information content (AvgIpc) is 3.11. The van der Waals surface area contributed by atoms with Crippen LogP contribution in [0.1, 0.15) is 6.23 Å². The van der Waals surface area contributed by atoms with Crippen LogP contribution in [0.5, 0.6) is 0 Å². The van der Waals surface area contributed by atoms with E-state index in [4.69, 9.17) is 18.8 Å². The van der Waals surface area contributed by atoms with Gasteiger partial charge in [-0.1, -0.05) is 0 Å². The number of aliphatic hydroxyl groups is 1. The van der Waals surface area contributed by atoms with E-state index in [1.165, 1.54) is 10.9 Å².